The van der Waals surface area contributed by atoms with Gasteiger partial charge in [-0.2, -0.15) is 5.26 Å². The maximum Gasteiger partial charge on any atom is 0.253 e. The minimum atomic E-state index is -0.994. The zero-order valence-corrected chi connectivity index (χ0v) is 16.2. The van der Waals surface area contributed by atoms with Crippen LogP contribution in [0.1, 0.15) is 41.4 Å². The van der Waals surface area contributed by atoms with Crippen LogP contribution in [-0.2, 0) is 0 Å². The van der Waals surface area contributed by atoms with Gasteiger partial charge in [0.25, 0.3) is 5.91 Å². The molecule has 0 aliphatic carbocycles. The number of aliphatic hydroxyl groups is 1. The van der Waals surface area contributed by atoms with Crippen molar-refractivity contribution >= 4 is 5.91 Å². The molecule has 2 atom stereocenters. The second-order valence-corrected chi connectivity index (χ2v) is 7.57. The van der Waals surface area contributed by atoms with E-state index in [9.17, 15) is 15.2 Å². The van der Waals surface area contributed by atoms with Crippen molar-refractivity contribution in [3.8, 4) is 17.5 Å². The third-order valence-electron chi connectivity index (χ3n) is 5.19. The highest BCUT2D eigenvalue weighted by atomic mass is 16.5. The van der Waals surface area contributed by atoms with Gasteiger partial charge in [-0.25, -0.2) is 0 Å². The van der Waals surface area contributed by atoms with Crippen LogP contribution in [0.15, 0.2) is 67.0 Å². The molecule has 3 aromatic rings. The van der Waals surface area contributed by atoms with Crippen molar-refractivity contribution in [2.45, 2.75) is 31.6 Å². The summed E-state index contributed by atoms with van der Waals surface area (Å²) in [5.41, 5.74) is 1.34. The van der Waals surface area contributed by atoms with Crippen LogP contribution in [0.4, 0.5) is 0 Å². The Morgan fingerprint density at radius 1 is 1.17 bits per heavy atom. The summed E-state index contributed by atoms with van der Waals surface area (Å²) in [6, 6.07) is 17.4. The lowest BCUT2D eigenvalue weighted by Crippen LogP contribution is -2.53. The third-order valence-corrected chi connectivity index (χ3v) is 5.19. The molecular formula is C23H21N3O3. The molecule has 0 saturated carbocycles. The van der Waals surface area contributed by atoms with E-state index in [0.29, 0.717) is 22.4 Å². The molecule has 29 heavy (non-hydrogen) atoms. The van der Waals surface area contributed by atoms with E-state index < -0.39 is 17.7 Å². The number of para-hydroxylation sites is 1. The highest BCUT2D eigenvalue weighted by Gasteiger charge is 2.43. The van der Waals surface area contributed by atoms with E-state index in [2.05, 4.69) is 11.4 Å². The summed E-state index contributed by atoms with van der Waals surface area (Å²) in [6.07, 6.45) is 2.74. The second kappa shape index (κ2) is 7.12. The van der Waals surface area contributed by atoms with Crippen LogP contribution in [-0.4, -0.2) is 27.3 Å². The number of carbonyl (C=O) groups excluding carboxylic acids is 1. The van der Waals surface area contributed by atoms with Gasteiger partial charge in [-0.15, -0.1) is 0 Å². The molecule has 0 spiro atoms. The van der Waals surface area contributed by atoms with Crippen LogP contribution in [0.3, 0.4) is 0 Å². The van der Waals surface area contributed by atoms with Gasteiger partial charge in [0.2, 0.25) is 0 Å². The first-order valence-electron chi connectivity index (χ1n) is 9.35. The van der Waals surface area contributed by atoms with Crippen molar-refractivity contribution in [2.75, 3.05) is 0 Å². The molecule has 0 saturated heterocycles. The quantitative estimate of drug-likeness (QED) is 0.721. The van der Waals surface area contributed by atoms with Crippen LogP contribution >= 0.6 is 0 Å². The number of aromatic nitrogens is 1. The number of nitrogens with one attached hydrogen (secondary N) is 1. The Balaban J connectivity index is 1.73. The molecule has 2 aromatic carbocycles. The highest BCUT2D eigenvalue weighted by Crippen LogP contribution is 2.40. The molecular weight excluding hydrogens is 366 g/mol. The lowest BCUT2D eigenvalue weighted by atomic mass is 9.85. The predicted molar refractivity (Wildman–Crippen MR) is 108 cm³/mol. The Hall–Kier alpha value is -3.56. The molecule has 1 amide bonds. The van der Waals surface area contributed by atoms with Gasteiger partial charge in [0.05, 0.1) is 28.9 Å². The van der Waals surface area contributed by atoms with Gasteiger partial charge in [-0.05, 0) is 56.3 Å². The first kappa shape index (κ1) is 18.8. The van der Waals surface area contributed by atoms with E-state index in [0.717, 1.165) is 5.69 Å². The smallest absolute Gasteiger partial charge is 0.253 e. The number of nitriles is 1. The molecule has 0 fully saturated rings. The average molecular weight is 387 g/mol. The number of carbonyl (C=O) groups is 1. The maximum atomic E-state index is 13.2. The van der Waals surface area contributed by atoms with E-state index in [1.165, 1.54) is 0 Å². The molecule has 2 heterocycles. The van der Waals surface area contributed by atoms with Crippen LogP contribution in [0, 0.1) is 11.3 Å². The molecule has 6 nitrogen and oxygen atoms in total. The average Bonchev–Trinajstić information content (AvgIpc) is 3.25. The summed E-state index contributed by atoms with van der Waals surface area (Å²) in [6.45, 7) is 3.54. The Kier molecular flexibility index (Phi) is 4.61. The number of amides is 1. The number of ether oxygens (including phenoxy) is 1. The normalized spacial score (nSPS) is 19.5. The minimum absolute atomic E-state index is 0.315. The van der Waals surface area contributed by atoms with Gasteiger partial charge < -0.3 is 19.7 Å². The number of hydrogen-bond acceptors (Lipinski definition) is 4. The summed E-state index contributed by atoms with van der Waals surface area (Å²) in [7, 11) is 0. The first-order valence-corrected chi connectivity index (χ1v) is 9.35. The SMILES string of the molecule is CC1(C)Oc2ccc(C#N)cc2[C@@H](NC(=O)c2ccccc2-n2cccc2)[C@@H]1O. The lowest BCUT2D eigenvalue weighted by Gasteiger charge is -2.42. The molecule has 0 unspecified atom stereocenters. The van der Waals surface area contributed by atoms with Gasteiger partial charge >= 0.3 is 0 Å². The fourth-order valence-electron chi connectivity index (χ4n) is 3.63. The van der Waals surface area contributed by atoms with Crippen molar-refractivity contribution in [1.82, 2.24) is 9.88 Å². The number of nitrogens with zero attached hydrogens (tertiary/aromatic N) is 2. The van der Waals surface area contributed by atoms with Crippen molar-refractivity contribution in [3.63, 3.8) is 0 Å². The number of fused-ring (bicyclic) bond motifs is 1. The van der Waals surface area contributed by atoms with Gasteiger partial charge in [0, 0.05) is 18.0 Å². The predicted octanol–water partition coefficient (Wildman–Crippen LogP) is 3.35. The first-order chi connectivity index (χ1) is 13.9. The number of aliphatic hydroxyl groups excluding tert-OH is 1. The number of hydrogen-bond donors (Lipinski definition) is 2. The molecule has 6 heteroatoms. The van der Waals surface area contributed by atoms with Crippen molar-refractivity contribution in [2.24, 2.45) is 0 Å². The largest absolute Gasteiger partial charge is 0.485 e. The third kappa shape index (κ3) is 3.37. The fourth-order valence-corrected chi connectivity index (χ4v) is 3.63. The van der Waals surface area contributed by atoms with Crippen molar-refractivity contribution in [1.29, 1.82) is 5.26 Å². The zero-order chi connectivity index (χ0) is 20.6. The van der Waals surface area contributed by atoms with Crippen LogP contribution in [0.25, 0.3) is 5.69 Å². The molecule has 2 N–H and O–H groups in total. The lowest BCUT2D eigenvalue weighted by molar-refractivity contribution is -0.0627. The monoisotopic (exact) mass is 387 g/mol. The number of benzene rings is 2. The van der Waals surface area contributed by atoms with E-state index in [4.69, 9.17) is 4.74 Å². The van der Waals surface area contributed by atoms with E-state index in [1.54, 1.807) is 44.2 Å². The van der Waals surface area contributed by atoms with Crippen molar-refractivity contribution in [3.05, 3.63) is 83.7 Å². The number of rotatable bonds is 3. The summed E-state index contributed by atoms with van der Waals surface area (Å²) >= 11 is 0. The molecule has 1 aliphatic rings. The van der Waals surface area contributed by atoms with Gasteiger partial charge in [0.1, 0.15) is 17.5 Å². The summed E-state index contributed by atoms with van der Waals surface area (Å²) in [5.74, 6) is 0.229. The van der Waals surface area contributed by atoms with Crippen LogP contribution in [0.5, 0.6) is 5.75 Å². The molecule has 1 aliphatic heterocycles. The summed E-state index contributed by atoms with van der Waals surface area (Å²) in [5, 5.41) is 23.1. The molecule has 146 valence electrons. The van der Waals surface area contributed by atoms with E-state index >= 15 is 0 Å². The summed E-state index contributed by atoms with van der Waals surface area (Å²) in [4.78, 5) is 13.2. The Bertz CT molecular complexity index is 1100. The second-order valence-electron chi connectivity index (χ2n) is 7.57. The highest BCUT2D eigenvalue weighted by molar-refractivity contribution is 5.98. The molecule has 0 bridgehead atoms. The van der Waals surface area contributed by atoms with Crippen LogP contribution < -0.4 is 10.1 Å². The van der Waals surface area contributed by atoms with Crippen LogP contribution in [0.2, 0.25) is 0 Å². The van der Waals surface area contributed by atoms with Gasteiger partial charge in [-0.1, -0.05) is 12.1 Å². The van der Waals surface area contributed by atoms with Crippen molar-refractivity contribution < 1.29 is 14.6 Å². The molecule has 0 radical (unpaired) electrons. The maximum absolute atomic E-state index is 13.2. The molecule has 4 rings (SSSR count). The minimum Gasteiger partial charge on any atom is -0.485 e. The van der Waals surface area contributed by atoms with Gasteiger partial charge in [0.15, 0.2) is 0 Å². The van der Waals surface area contributed by atoms with E-state index in [1.807, 2.05) is 41.2 Å². The Morgan fingerprint density at radius 2 is 1.90 bits per heavy atom. The fraction of sp³-hybridized carbons (Fsp3) is 0.217. The topological polar surface area (TPSA) is 87.3 Å². The molecule has 1 aromatic heterocycles. The summed E-state index contributed by atoms with van der Waals surface area (Å²) < 4.78 is 7.78. The van der Waals surface area contributed by atoms with Gasteiger partial charge in [-0.3, -0.25) is 4.79 Å². The van der Waals surface area contributed by atoms with E-state index in [-0.39, 0.29) is 5.91 Å². The zero-order valence-electron chi connectivity index (χ0n) is 16.2. The Morgan fingerprint density at radius 3 is 2.62 bits per heavy atom. The standard InChI is InChI=1S/C23H21N3O3/c1-23(2)21(27)20(17-13-15(14-24)9-10-19(17)29-23)25-22(28)16-7-3-4-8-18(16)26-11-5-6-12-26/h3-13,20-21,27H,1-2H3,(H,25,28)/t20-,21+/m1/s1. The Labute approximate surface area is 169 Å².